The lowest BCUT2D eigenvalue weighted by Crippen LogP contribution is -2.27. The van der Waals surface area contributed by atoms with Gasteiger partial charge in [0.05, 0.1) is 24.6 Å². The molecule has 0 saturated carbocycles. The van der Waals surface area contributed by atoms with Crippen molar-refractivity contribution in [2.24, 2.45) is 0 Å². The molecule has 1 aromatic rings. The van der Waals surface area contributed by atoms with Crippen LogP contribution in [0, 0.1) is 0 Å². The highest BCUT2D eigenvalue weighted by molar-refractivity contribution is 5.68. The molecule has 0 aromatic heterocycles. The fourth-order valence-electron chi connectivity index (χ4n) is 2.02. The standard InChI is InChI=1S/C13H20N2O2/c1-16-10-5-6-13(12(14)8-10)15-9-11-4-2-3-7-17-11/h5-6,8,11,15H,2-4,7,9,14H2,1H3. The summed E-state index contributed by atoms with van der Waals surface area (Å²) in [6.45, 7) is 1.70. The molecule has 0 radical (unpaired) electrons. The Labute approximate surface area is 102 Å². The predicted molar refractivity (Wildman–Crippen MR) is 69.5 cm³/mol. The van der Waals surface area contributed by atoms with Crippen LogP contribution < -0.4 is 15.8 Å². The highest BCUT2D eigenvalue weighted by Gasteiger charge is 2.13. The van der Waals surface area contributed by atoms with Crippen LogP contribution in [0.3, 0.4) is 0 Å². The highest BCUT2D eigenvalue weighted by atomic mass is 16.5. The van der Waals surface area contributed by atoms with Gasteiger partial charge in [0.1, 0.15) is 5.75 Å². The number of methoxy groups -OCH3 is 1. The molecule has 1 aliphatic rings. The Morgan fingerprint density at radius 3 is 3.00 bits per heavy atom. The van der Waals surface area contributed by atoms with Crippen LogP contribution in [-0.4, -0.2) is 26.4 Å². The average molecular weight is 236 g/mol. The summed E-state index contributed by atoms with van der Waals surface area (Å²) in [7, 11) is 1.64. The third-order valence-corrected chi connectivity index (χ3v) is 3.05. The third kappa shape index (κ3) is 3.27. The molecule has 1 unspecified atom stereocenters. The molecule has 1 atom stereocenters. The van der Waals surface area contributed by atoms with Crippen LogP contribution in [0.25, 0.3) is 0 Å². The quantitative estimate of drug-likeness (QED) is 0.787. The Hall–Kier alpha value is -1.42. The SMILES string of the molecule is COc1ccc(NCC2CCCCO2)c(N)c1. The van der Waals surface area contributed by atoms with Crippen LogP contribution in [0.4, 0.5) is 11.4 Å². The second kappa shape index (κ2) is 5.77. The van der Waals surface area contributed by atoms with Crippen molar-refractivity contribution in [3.63, 3.8) is 0 Å². The number of rotatable bonds is 4. The van der Waals surface area contributed by atoms with E-state index >= 15 is 0 Å². The molecule has 4 heteroatoms. The van der Waals surface area contributed by atoms with Gasteiger partial charge >= 0.3 is 0 Å². The second-order valence-electron chi connectivity index (χ2n) is 4.32. The molecule has 94 valence electrons. The van der Waals surface area contributed by atoms with Gasteiger partial charge in [0.25, 0.3) is 0 Å². The first kappa shape index (κ1) is 12.0. The van der Waals surface area contributed by atoms with E-state index in [1.165, 1.54) is 12.8 Å². The van der Waals surface area contributed by atoms with Gasteiger partial charge in [-0.05, 0) is 31.4 Å². The van der Waals surface area contributed by atoms with Crippen LogP contribution in [-0.2, 0) is 4.74 Å². The third-order valence-electron chi connectivity index (χ3n) is 3.05. The van der Waals surface area contributed by atoms with Gasteiger partial charge < -0.3 is 20.5 Å². The average Bonchev–Trinajstić information content (AvgIpc) is 2.38. The Balaban J connectivity index is 1.89. The molecule has 1 fully saturated rings. The molecular formula is C13H20N2O2. The van der Waals surface area contributed by atoms with Gasteiger partial charge in [0.15, 0.2) is 0 Å². The molecular weight excluding hydrogens is 216 g/mol. The first-order chi connectivity index (χ1) is 8.29. The van der Waals surface area contributed by atoms with Crippen LogP contribution in [0.15, 0.2) is 18.2 Å². The fraction of sp³-hybridized carbons (Fsp3) is 0.538. The summed E-state index contributed by atoms with van der Waals surface area (Å²) in [5.41, 5.74) is 7.58. The Bertz CT molecular complexity index is 362. The first-order valence-electron chi connectivity index (χ1n) is 6.08. The Kier molecular flexibility index (Phi) is 4.09. The van der Waals surface area contributed by atoms with Gasteiger partial charge in [-0.25, -0.2) is 0 Å². The number of ether oxygens (including phenoxy) is 2. The lowest BCUT2D eigenvalue weighted by molar-refractivity contribution is 0.0248. The van der Waals surface area contributed by atoms with E-state index in [-0.39, 0.29) is 0 Å². The minimum atomic E-state index is 0.310. The molecule has 0 aliphatic carbocycles. The fourth-order valence-corrected chi connectivity index (χ4v) is 2.02. The summed E-state index contributed by atoms with van der Waals surface area (Å²) in [6.07, 6.45) is 3.87. The zero-order valence-corrected chi connectivity index (χ0v) is 10.2. The van der Waals surface area contributed by atoms with E-state index in [1.54, 1.807) is 7.11 Å². The van der Waals surface area contributed by atoms with E-state index < -0.39 is 0 Å². The number of hydrogen-bond acceptors (Lipinski definition) is 4. The van der Waals surface area contributed by atoms with Crippen LogP contribution in [0.2, 0.25) is 0 Å². The summed E-state index contributed by atoms with van der Waals surface area (Å²) < 4.78 is 10.8. The van der Waals surface area contributed by atoms with Crippen molar-refractivity contribution in [2.45, 2.75) is 25.4 Å². The number of benzene rings is 1. The molecule has 1 saturated heterocycles. The maximum absolute atomic E-state index is 5.93. The minimum Gasteiger partial charge on any atom is -0.497 e. The normalized spacial score (nSPS) is 19.9. The summed E-state index contributed by atoms with van der Waals surface area (Å²) >= 11 is 0. The molecule has 1 heterocycles. The number of hydrogen-bond donors (Lipinski definition) is 2. The summed E-state index contributed by atoms with van der Waals surface area (Å²) in [6, 6.07) is 5.67. The van der Waals surface area contributed by atoms with Crippen molar-refractivity contribution in [2.75, 3.05) is 31.3 Å². The highest BCUT2D eigenvalue weighted by Crippen LogP contribution is 2.24. The van der Waals surface area contributed by atoms with E-state index in [0.717, 1.165) is 31.0 Å². The molecule has 0 spiro atoms. The molecule has 0 bridgehead atoms. The van der Waals surface area contributed by atoms with Crippen molar-refractivity contribution < 1.29 is 9.47 Å². The van der Waals surface area contributed by atoms with Crippen LogP contribution in [0.1, 0.15) is 19.3 Å². The zero-order valence-electron chi connectivity index (χ0n) is 10.2. The maximum Gasteiger partial charge on any atom is 0.121 e. The number of anilines is 2. The van der Waals surface area contributed by atoms with Crippen molar-refractivity contribution in [3.05, 3.63) is 18.2 Å². The second-order valence-corrected chi connectivity index (χ2v) is 4.32. The van der Waals surface area contributed by atoms with E-state index in [4.69, 9.17) is 15.2 Å². The lowest BCUT2D eigenvalue weighted by atomic mass is 10.1. The van der Waals surface area contributed by atoms with Gasteiger partial charge in [-0.15, -0.1) is 0 Å². The maximum atomic E-state index is 5.93. The van der Waals surface area contributed by atoms with Gasteiger partial charge in [-0.1, -0.05) is 0 Å². The van der Waals surface area contributed by atoms with E-state index in [2.05, 4.69) is 5.32 Å². The van der Waals surface area contributed by atoms with E-state index in [9.17, 15) is 0 Å². The summed E-state index contributed by atoms with van der Waals surface area (Å²) in [4.78, 5) is 0. The molecule has 2 rings (SSSR count). The van der Waals surface area contributed by atoms with Crippen molar-refractivity contribution in [3.8, 4) is 5.75 Å². The molecule has 0 amide bonds. The summed E-state index contributed by atoms with van der Waals surface area (Å²) in [5, 5.41) is 3.33. The number of nitrogen functional groups attached to an aromatic ring is 1. The summed E-state index contributed by atoms with van der Waals surface area (Å²) in [5.74, 6) is 0.780. The van der Waals surface area contributed by atoms with E-state index in [0.29, 0.717) is 11.8 Å². The first-order valence-corrected chi connectivity index (χ1v) is 6.08. The van der Waals surface area contributed by atoms with Crippen molar-refractivity contribution >= 4 is 11.4 Å². The minimum absolute atomic E-state index is 0.310. The topological polar surface area (TPSA) is 56.5 Å². The predicted octanol–water partition coefficient (Wildman–Crippen LogP) is 2.26. The number of nitrogens with one attached hydrogen (secondary N) is 1. The van der Waals surface area contributed by atoms with Gasteiger partial charge in [-0.2, -0.15) is 0 Å². The number of nitrogens with two attached hydrogens (primary N) is 1. The zero-order chi connectivity index (χ0) is 12.1. The van der Waals surface area contributed by atoms with Crippen LogP contribution in [0.5, 0.6) is 5.75 Å². The smallest absolute Gasteiger partial charge is 0.121 e. The van der Waals surface area contributed by atoms with Gasteiger partial charge in [-0.3, -0.25) is 0 Å². The monoisotopic (exact) mass is 236 g/mol. The van der Waals surface area contributed by atoms with Crippen molar-refractivity contribution in [1.29, 1.82) is 0 Å². The Morgan fingerprint density at radius 2 is 2.35 bits per heavy atom. The lowest BCUT2D eigenvalue weighted by Gasteiger charge is -2.23. The van der Waals surface area contributed by atoms with E-state index in [1.807, 2.05) is 18.2 Å². The molecule has 4 nitrogen and oxygen atoms in total. The molecule has 3 N–H and O–H groups in total. The van der Waals surface area contributed by atoms with Gasteiger partial charge in [0, 0.05) is 19.2 Å². The largest absolute Gasteiger partial charge is 0.497 e. The molecule has 17 heavy (non-hydrogen) atoms. The molecule has 1 aliphatic heterocycles. The Morgan fingerprint density at radius 1 is 1.47 bits per heavy atom. The van der Waals surface area contributed by atoms with Gasteiger partial charge in [0.2, 0.25) is 0 Å². The molecule has 1 aromatic carbocycles. The van der Waals surface area contributed by atoms with Crippen molar-refractivity contribution in [1.82, 2.24) is 0 Å². The van der Waals surface area contributed by atoms with Crippen LogP contribution >= 0.6 is 0 Å².